The molecular formula is C18H21N5O4S2. The van der Waals surface area contributed by atoms with E-state index in [4.69, 9.17) is 13.9 Å². The summed E-state index contributed by atoms with van der Waals surface area (Å²) in [6, 6.07) is 5.30. The summed E-state index contributed by atoms with van der Waals surface area (Å²) in [4.78, 5) is 12.1. The van der Waals surface area contributed by atoms with Crippen LogP contribution in [0.1, 0.15) is 18.9 Å². The van der Waals surface area contributed by atoms with Gasteiger partial charge in [-0.15, -0.1) is 20.4 Å². The molecule has 3 rings (SSSR count). The van der Waals surface area contributed by atoms with Crippen molar-refractivity contribution in [3.63, 3.8) is 0 Å². The van der Waals surface area contributed by atoms with Gasteiger partial charge in [0.15, 0.2) is 11.5 Å². The van der Waals surface area contributed by atoms with Gasteiger partial charge in [0, 0.05) is 12.0 Å². The van der Waals surface area contributed by atoms with E-state index in [9.17, 15) is 4.79 Å². The fourth-order valence-corrected chi connectivity index (χ4v) is 3.90. The van der Waals surface area contributed by atoms with Gasteiger partial charge in [-0.1, -0.05) is 36.9 Å². The van der Waals surface area contributed by atoms with Gasteiger partial charge in [0.05, 0.1) is 20.0 Å². The van der Waals surface area contributed by atoms with Gasteiger partial charge in [-0.2, -0.15) is 0 Å². The zero-order valence-electron chi connectivity index (χ0n) is 16.5. The number of carbonyl (C=O) groups excluding carboxylic acids is 1. The first kappa shape index (κ1) is 21.1. The Morgan fingerprint density at radius 2 is 1.97 bits per heavy atom. The van der Waals surface area contributed by atoms with Crippen LogP contribution in [0.4, 0.5) is 5.13 Å². The van der Waals surface area contributed by atoms with Gasteiger partial charge < -0.3 is 13.9 Å². The summed E-state index contributed by atoms with van der Waals surface area (Å²) in [5, 5.41) is 20.5. The van der Waals surface area contributed by atoms with Gasteiger partial charge in [-0.05, 0) is 24.1 Å². The Hall–Kier alpha value is -2.66. The Morgan fingerprint density at radius 3 is 2.69 bits per heavy atom. The zero-order chi connectivity index (χ0) is 20.8. The maximum atomic E-state index is 12.1. The molecule has 0 unspecified atom stereocenters. The Balaban J connectivity index is 1.56. The fourth-order valence-electron chi connectivity index (χ4n) is 2.37. The van der Waals surface area contributed by atoms with Crippen molar-refractivity contribution >= 4 is 34.1 Å². The van der Waals surface area contributed by atoms with Crippen molar-refractivity contribution in [1.29, 1.82) is 0 Å². The minimum atomic E-state index is -0.215. The topological polar surface area (TPSA) is 112 Å². The van der Waals surface area contributed by atoms with Crippen LogP contribution >= 0.6 is 23.1 Å². The molecule has 9 nitrogen and oxygen atoms in total. The Kier molecular flexibility index (Phi) is 7.04. The number of amides is 1. The molecule has 0 radical (unpaired) electrons. The lowest BCUT2D eigenvalue weighted by atomic mass is 10.1. The number of nitrogens with zero attached hydrogens (tertiary/aromatic N) is 4. The molecule has 0 spiro atoms. The van der Waals surface area contributed by atoms with Crippen LogP contribution in [0.3, 0.4) is 0 Å². The first-order valence-electron chi connectivity index (χ1n) is 8.79. The standard InChI is InChI=1S/C18H21N5O4S2/c1-10(2)7-15-20-22-17(29-15)19-14(24)9-28-18-23-21-16(27-18)11-5-6-12(25-3)13(8-11)26-4/h5-6,8,10H,7,9H2,1-4H3,(H,19,22,24). The van der Waals surface area contributed by atoms with Crippen LogP contribution < -0.4 is 14.8 Å². The Bertz CT molecular complexity index is 973. The highest BCUT2D eigenvalue weighted by Crippen LogP contribution is 2.32. The van der Waals surface area contributed by atoms with Crippen LogP contribution in [-0.4, -0.2) is 46.3 Å². The normalized spacial score (nSPS) is 10.9. The van der Waals surface area contributed by atoms with Crippen molar-refractivity contribution in [1.82, 2.24) is 20.4 Å². The van der Waals surface area contributed by atoms with Crippen molar-refractivity contribution in [3.8, 4) is 23.0 Å². The number of hydrogen-bond donors (Lipinski definition) is 1. The highest BCUT2D eigenvalue weighted by Gasteiger charge is 2.15. The second kappa shape index (κ2) is 9.70. The zero-order valence-corrected chi connectivity index (χ0v) is 18.1. The molecule has 2 heterocycles. The number of benzene rings is 1. The molecule has 0 atom stereocenters. The lowest BCUT2D eigenvalue weighted by molar-refractivity contribution is -0.113. The average molecular weight is 436 g/mol. The van der Waals surface area contributed by atoms with Crippen LogP contribution in [0.2, 0.25) is 0 Å². The molecule has 1 aromatic carbocycles. The predicted molar refractivity (Wildman–Crippen MR) is 111 cm³/mol. The third kappa shape index (κ3) is 5.67. The fraction of sp³-hybridized carbons (Fsp3) is 0.389. The number of anilines is 1. The van der Waals surface area contributed by atoms with Crippen molar-refractivity contribution in [2.75, 3.05) is 25.3 Å². The number of methoxy groups -OCH3 is 2. The molecule has 1 N–H and O–H groups in total. The number of carbonyl (C=O) groups is 1. The number of ether oxygens (including phenoxy) is 2. The summed E-state index contributed by atoms with van der Waals surface area (Å²) >= 11 is 2.53. The molecule has 11 heteroatoms. The molecule has 0 aliphatic carbocycles. The van der Waals surface area contributed by atoms with E-state index >= 15 is 0 Å². The first-order chi connectivity index (χ1) is 14.0. The number of hydrogen-bond acceptors (Lipinski definition) is 10. The second-order valence-electron chi connectivity index (χ2n) is 6.38. The predicted octanol–water partition coefficient (Wildman–Crippen LogP) is 3.53. The summed E-state index contributed by atoms with van der Waals surface area (Å²) in [7, 11) is 3.12. The van der Waals surface area contributed by atoms with Crippen LogP contribution in [0.25, 0.3) is 11.5 Å². The monoisotopic (exact) mass is 435 g/mol. The van der Waals surface area contributed by atoms with E-state index in [2.05, 4.69) is 39.6 Å². The molecular weight excluding hydrogens is 414 g/mol. The molecule has 0 bridgehead atoms. The maximum absolute atomic E-state index is 12.1. The number of aromatic nitrogens is 4. The Morgan fingerprint density at radius 1 is 1.17 bits per heavy atom. The minimum Gasteiger partial charge on any atom is -0.493 e. The smallest absolute Gasteiger partial charge is 0.277 e. The van der Waals surface area contributed by atoms with Gasteiger partial charge in [-0.25, -0.2) is 0 Å². The molecule has 3 aromatic rings. The van der Waals surface area contributed by atoms with Gasteiger partial charge >= 0.3 is 0 Å². The largest absolute Gasteiger partial charge is 0.493 e. The minimum absolute atomic E-state index is 0.118. The van der Waals surface area contributed by atoms with Gasteiger partial charge in [0.25, 0.3) is 5.22 Å². The molecule has 0 aliphatic heterocycles. The van der Waals surface area contributed by atoms with Crippen LogP contribution in [-0.2, 0) is 11.2 Å². The SMILES string of the molecule is COc1ccc(-c2nnc(SCC(=O)Nc3nnc(CC(C)C)s3)o2)cc1OC. The first-order valence-corrected chi connectivity index (χ1v) is 10.6. The summed E-state index contributed by atoms with van der Waals surface area (Å²) in [6.45, 7) is 4.22. The van der Waals surface area contributed by atoms with Gasteiger partial charge in [0.1, 0.15) is 5.01 Å². The molecule has 29 heavy (non-hydrogen) atoms. The molecule has 0 saturated heterocycles. The van der Waals surface area contributed by atoms with E-state index in [0.717, 1.165) is 23.2 Å². The van der Waals surface area contributed by atoms with Crippen molar-refractivity contribution in [2.45, 2.75) is 25.5 Å². The van der Waals surface area contributed by atoms with E-state index in [-0.39, 0.29) is 11.7 Å². The summed E-state index contributed by atoms with van der Waals surface area (Å²) in [5.41, 5.74) is 0.693. The number of thioether (sulfide) groups is 1. The van der Waals surface area contributed by atoms with Crippen molar-refractivity contribution < 1.29 is 18.7 Å². The summed E-state index contributed by atoms with van der Waals surface area (Å²) < 4.78 is 16.1. The van der Waals surface area contributed by atoms with Crippen molar-refractivity contribution in [2.24, 2.45) is 5.92 Å². The molecule has 0 fully saturated rings. The van der Waals surface area contributed by atoms with Crippen LogP contribution in [0.5, 0.6) is 11.5 Å². The lowest BCUT2D eigenvalue weighted by Gasteiger charge is -2.07. The molecule has 1 amide bonds. The summed E-state index contributed by atoms with van der Waals surface area (Å²) in [5.74, 6) is 1.89. The third-order valence-corrected chi connectivity index (χ3v) is 5.34. The second-order valence-corrected chi connectivity index (χ2v) is 8.37. The summed E-state index contributed by atoms with van der Waals surface area (Å²) in [6.07, 6.45) is 0.837. The van der Waals surface area contributed by atoms with E-state index in [1.54, 1.807) is 32.4 Å². The number of nitrogens with one attached hydrogen (secondary N) is 1. The van der Waals surface area contributed by atoms with Crippen LogP contribution in [0.15, 0.2) is 27.8 Å². The van der Waals surface area contributed by atoms with E-state index in [1.165, 1.54) is 11.3 Å². The van der Waals surface area contributed by atoms with E-state index in [0.29, 0.717) is 39.2 Å². The third-order valence-electron chi connectivity index (χ3n) is 3.66. The number of rotatable bonds is 9. The highest BCUT2D eigenvalue weighted by molar-refractivity contribution is 7.99. The highest BCUT2D eigenvalue weighted by atomic mass is 32.2. The average Bonchev–Trinajstić information content (AvgIpc) is 3.35. The quantitative estimate of drug-likeness (QED) is 0.504. The van der Waals surface area contributed by atoms with Gasteiger partial charge in [0.2, 0.25) is 16.9 Å². The van der Waals surface area contributed by atoms with Crippen molar-refractivity contribution in [3.05, 3.63) is 23.2 Å². The lowest BCUT2D eigenvalue weighted by Crippen LogP contribution is -2.13. The molecule has 0 aliphatic rings. The molecule has 154 valence electrons. The van der Waals surface area contributed by atoms with Gasteiger partial charge in [-0.3, -0.25) is 10.1 Å². The van der Waals surface area contributed by atoms with E-state index < -0.39 is 0 Å². The van der Waals surface area contributed by atoms with E-state index in [1.807, 2.05) is 0 Å². The molecule has 0 saturated carbocycles. The maximum Gasteiger partial charge on any atom is 0.277 e. The van der Waals surface area contributed by atoms with Crippen LogP contribution in [0, 0.1) is 5.92 Å². The Labute approximate surface area is 176 Å². The molecule has 2 aromatic heterocycles.